The molecule has 5 nitrogen and oxygen atoms in total. The average molecular weight is 265 g/mol. The minimum atomic E-state index is -0.0151. The molecule has 2 rings (SSSR count). The standard InChI is InChI=1S/C12H15N3O2S/c1-7-10(8(2)17-15-7)4-5-11(16)14-12-6-13-9(3)18-12/h6H,4-5H2,1-3H3,(H,14,16). The van der Waals surface area contributed by atoms with E-state index in [4.69, 9.17) is 4.52 Å². The molecule has 2 aromatic heterocycles. The third-order valence-corrected chi connectivity index (χ3v) is 3.50. The molecule has 0 atom stereocenters. The van der Waals surface area contributed by atoms with Gasteiger partial charge in [-0.25, -0.2) is 4.98 Å². The van der Waals surface area contributed by atoms with Crippen LogP contribution < -0.4 is 5.32 Å². The highest BCUT2D eigenvalue weighted by molar-refractivity contribution is 7.15. The summed E-state index contributed by atoms with van der Waals surface area (Å²) in [6.45, 7) is 5.65. The van der Waals surface area contributed by atoms with Gasteiger partial charge in [0.25, 0.3) is 0 Å². The Labute approximate surface area is 109 Å². The van der Waals surface area contributed by atoms with E-state index in [1.165, 1.54) is 11.3 Å². The summed E-state index contributed by atoms with van der Waals surface area (Å²) in [6, 6.07) is 0. The predicted octanol–water partition coefficient (Wildman–Crippen LogP) is 2.63. The lowest BCUT2D eigenvalue weighted by molar-refractivity contribution is -0.116. The Kier molecular flexibility index (Phi) is 3.76. The maximum atomic E-state index is 11.8. The van der Waals surface area contributed by atoms with Crippen LogP contribution in [-0.4, -0.2) is 16.0 Å². The van der Waals surface area contributed by atoms with Crippen molar-refractivity contribution in [3.63, 3.8) is 0 Å². The number of carbonyl (C=O) groups excluding carboxylic acids is 1. The van der Waals surface area contributed by atoms with Gasteiger partial charge in [-0.15, -0.1) is 11.3 Å². The zero-order valence-corrected chi connectivity index (χ0v) is 11.4. The molecule has 6 heteroatoms. The first-order valence-electron chi connectivity index (χ1n) is 5.70. The van der Waals surface area contributed by atoms with E-state index in [1.807, 2.05) is 20.8 Å². The summed E-state index contributed by atoms with van der Waals surface area (Å²) in [7, 11) is 0. The van der Waals surface area contributed by atoms with Crippen molar-refractivity contribution in [1.82, 2.24) is 10.1 Å². The van der Waals surface area contributed by atoms with Crippen molar-refractivity contribution in [3.05, 3.63) is 28.2 Å². The van der Waals surface area contributed by atoms with Gasteiger partial charge in [0.1, 0.15) is 10.8 Å². The zero-order chi connectivity index (χ0) is 13.1. The lowest BCUT2D eigenvalue weighted by atomic mass is 10.1. The van der Waals surface area contributed by atoms with Gasteiger partial charge >= 0.3 is 0 Å². The maximum absolute atomic E-state index is 11.8. The van der Waals surface area contributed by atoms with Crippen LogP contribution in [0.2, 0.25) is 0 Å². The van der Waals surface area contributed by atoms with Crippen LogP contribution in [0.4, 0.5) is 5.00 Å². The molecule has 0 fully saturated rings. The molecule has 18 heavy (non-hydrogen) atoms. The van der Waals surface area contributed by atoms with Gasteiger partial charge in [-0.2, -0.15) is 0 Å². The molecule has 0 radical (unpaired) electrons. The van der Waals surface area contributed by atoms with Crippen LogP contribution in [0.1, 0.15) is 28.4 Å². The van der Waals surface area contributed by atoms with Crippen molar-refractivity contribution in [3.8, 4) is 0 Å². The van der Waals surface area contributed by atoms with Gasteiger partial charge in [-0.05, 0) is 27.2 Å². The molecule has 0 saturated heterocycles. The normalized spacial score (nSPS) is 10.6. The third-order valence-electron chi connectivity index (χ3n) is 2.67. The first-order valence-corrected chi connectivity index (χ1v) is 6.52. The Morgan fingerprint density at radius 1 is 1.44 bits per heavy atom. The summed E-state index contributed by atoms with van der Waals surface area (Å²) >= 11 is 1.47. The van der Waals surface area contributed by atoms with E-state index in [1.54, 1.807) is 6.20 Å². The van der Waals surface area contributed by atoms with Crippen LogP contribution in [0.3, 0.4) is 0 Å². The Balaban J connectivity index is 1.89. The molecule has 2 aromatic rings. The number of nitrogens with zero attached hydrogens (tertiary/aromatic N) is 2. The number of aromatic nitrogens is 2. The molecule has 0 spiro atoms. The number of rotatable bonds is 4. The fourth-order valence-electron chi connectivity index (χ4n) is 1.72. The van der Waals surface area contributed by atoms with Gasteiger partial charge in [0.2, 0.25) is 5.91 Å². The Hall–Kier alpha value is -1.69. The number of thiazole rings is 1. The largest absolute Gasteiger partial charge is 0.361 e. The molecule has 0 aliphatic heterocycles. The lowest BCUT2D eigenvalue weighted by Gasteiger charge is -2.01. The number of hydrogen-bond acceptors (Lipinski definition) is 5. The summed E-state index contributed by atoms with van der Waals surface area (Å²) in [6.07, 6.45) is 2.73. The molecule has 96 valence electrons. The van der Waals surface area contributed by atoms with Crippen LogP contribution in [-0.2, 0) is 11.2 Å². The summed E-state index contributed by atoms with van der Waals surface area (Å²) < 4.78 is 5.06. The van der Waals surface area contributed by atoms with Gasteiger partial charge in [0, 0.05) is 12.0 Å². The molecule has 2 heterocycles. The van der Waals surface area contributed by atoms with Gasteiger partial charge in [-0.1, -0.05) is 5.16 Å². The minimum Gasteiger partial charge on any atom is -0.361 e. The first-order chi connectivity index (χ1) is 8.56. The van der Waals surface area contributed by atoms with Crippen LogP contribution >= 0.6 is 11.3 Å². The molecule has 0 saturated carbocycles. The van der Waals surface area contributed by atoms with E-state index >= 15 is 0 Å². The number of anilines is 1. The second-order valence-electron chi connectivity index (χ2n) is 4.09. The summed E-state index contributed by atoms with van der Waals surface area (Å²) in [4.78, 5) is 15.8. The fourth-order valence-corrected chi connectivity index (χ4v) is 2.41. The number of carbonyl (C=O) groups is 1. The Morgan fingerprint density at radius 2 is 2.22 bits per heavy atom. The summed E-state index contributed by atoms with van der Waals surface area (Å²) in [5.41, 5.74) is 1.87. The van der Waals surface area contributed by atoms with Crippen molar-refractivity contribution < 1.29 is 9.32 Å². The molecule has 0 unspecified atom stereocenters. The quantitative estimate of drug-likeness (QED) is 0.922. The van der Waals surface area contributed by atoms with E-state index in [0.717, 1.165) is 27.0 Å². The highest BCUT2D eigenvalue weighted by Gasteiger charge is 2.11. The van der Waals surface area contributed by atoms with Gasteiger partial charge in [0.15, 0.2) is 0 Å². The van der Waals surface area contributed by atoms with E-state index in [9.17, 15) is 4.79 Å². The smallest absolute Gasteiger partial charge is 0.225 e. The van der Waals surface area contributed by atoms with E-state index in [0.29, 0.717) is 12.8 Å². The van der Waals surface area contributed by atoms with E-state index < -0.39 is 0 Å². The molecular weight excluding hydrogens is 250 g/mol. The second kappa shape index (κ2) is 5.30. The summed E-state index contributed by atoms with van der Waals surface area (Å²) in [5, 5.41) is 8.43. The first kappa shape index (κ1) is 12.8. The molecule has 0 aliphatic carbocycles. The van der Waals surface area contributed by atoms with Crippen LogP contribution in [0.15, 0.2) is 10.7 Å². The second-order valence-corrected chi connectivity index (χ2v) is 5.33. The lowest BCUT2D eigenvalue weighted by Crippen LogP contribution is -2.11. The van der Waals surface area contributed by atoms with Crippen molar-refractivity contribution >= 4 is 22.2 Å². The highest BCUT2D eigenvalue weighted by Crippen LogP contribution is 2.18. The van der Waals surface area contributed by atoms with Crippen molar-refractivity contribution in [1.29, 1.82) is 0 Å². The van der Waals surface area contributed by atoms with Gasteiger partial charge < -0.3 is 9.84 Å². The predicted molar refractivity (Wildman–Crippen MR) is 69.8 cm³/mol. The van der Waals surface area contributed by atoms with E-state index in [2.05, 4.69) is 15.5 Å². The number of aryl methyl sites for hydroxylation is 3. The molecule has 0 aromatic carbocycles. The zero-order valence-electron chi connectivity index (χ0n) is 10.6. The number of amides is 1. The maximum Gasteiger partial charge on any atom is 0.225 e. The topological polar surface area (TPSA) is 68.0 Å². The average Bonchev–Trinajstić information content (AvgIpc) is 2.84. The molecule has 1 amide bonds. The SMILES string of the molecule is Cc1ncc(NC(=O)CCc2c(C)noc2C)s1. The Bertz CT molecular complexity index is 540. The third kappa shape index (κ3) is 2.95. The summed E-state index contributed by atoms with van der Waals surface area (Å²) in [5.74, 6) is 0.771. The Morgan fingerprint density at radius 3 is 2.78 bits per heavy atom. The van der Waals surface area contributed by atoms with Crippen LogP contribution in [0.25, 0.3) is 0 Å². The minimum absolute atomic E-state index is 0.0151. The van der Waals surface area contributed by atoms with Crippen molar-refractivity contribution in [2.45, 2.75) is 33.6 Å². The fraction of sp³-hybridized carbons (Fsp3) is 0.417. The van der Waals surface area contributed by atoms with E-state index in [-0.39, 0.29) is 5.91 Å². The molecular formula is C12H15N3O2S. The number of hydrogen-bond donors (Lipinski definition) is 1. The van der Waals surface area contributed by atoms with Crippen molar-refractivity contribution in [2.24, 2.45) is 0 Å². The van der Waals surface area contributed by atoms with Crippen molar-refractivity contribution in [2.75, 3.05) is 5.32 Å². The molecule has 1 N–H and O–H groups in total. The van der Waals surface area contributed by atoms with Gasteiger partial charge in [0.05, 0.1) is 16.9 Å². The van der Waals surface area contributed by atoms with Gasteiger partial charge in [-0.3, -0.25) is 4.79 Å². The monoisotopic (exact) mass is 265 g/mol. The number of nitrogens with one attached hydrogen (secondary N) is 1. The highest BCUT2D eigenvalue weighted by atomic mass is 32.1. The molecule has 0 bridgehead atoms. The van der Waals surface area contributed by atoms with Crippen LogP contribution in [0.5, 0.6) is 0 Å². The molecule has 0 aliphatic rings. The van der Waals surface area contributed by atoms with Crippen LogP contribution in [0, 0.1) is 20.8 Å².